The molecule has 2 aromatic carbocycles. The Hall–Kier alpha value is -3.35. The van der Waals surface area contributed by atoms with Gasteiger partial charge in [0.1, 0.15) is 5.75 Å². The maximum Gasteiger partial charge on any atom is 0.312 e. The van der Waals surface area contributed by atoms with Crippen LogP contribution >= 0.6 is 0 Å². The van der Waals surface area contributed by atoms with Crippen LogP contribution in [0.1, 0.15) is 18.9 Å². The molecule has 2 aromatic rings. The number of nitrogens with one attached hydrogen (secondary N) is 1. The third kappa shape index (κ3) is 4.93. The van der Waals surface area contributed by atoms with E-state index in [4.69, 9.17) is 9.47 Å². The number of rotatable bonds is 6. The highest BCUT2D eigenvalue weighted by Crippen LogP contribution is 2.26. The van der Waals surface area contributed by atoms with Crippen molar-refractivity contribution in [3.63, 3.8) is 0 Å². The highest BCUT2D eigenvalue weighted by atomic mass is 16.5. The second-order valence-corrected chi connectivity index (χ2v) is 7.04. The number of hydrogen-bond donors (Lipinski definition) is 1. The lowest BCUT2D eigenvalue weighted by atomic mass is 10.1. The Kier molecular flexibility index (Phi) is 6.16. The van der Waals surface area contributed by atoms with Gasteiger partial charge in [0.15, 0.2) is 6.10 Å². The van der Waals surface area contributed by atoms with E-state index in [9.17, 15) is 14.4 Å². The van der Waals surface area contributed by atoms with E-state index >= 15 is 0 Å². The highest BCUT2D eigenvalue weighted by molar-refractivity contribution is 6.00. The number of amides is 2. The van der Waals surface area contributed by atoms with Crippen LogP contribution in [0.4, 0.5) is 11.4 Å². The van der Waals surface area contributed by atoms with E-state index in [1.165, 1.54) is 6.92 Å². The zero-order chi connectivity index (χ0) is 21.0. The van der Waals surface area contributed by atoms with Gasteiger partial charge in [-0.25, -0.2) is 0 Å². The van der Waals surface area contributed by atoms with Crippen LogP contribution < -0.4 is 15.0 Å². The van der Waals surface area contributed by atoms with Crippen molar-refractivity contribution in [2.75, 3.05) is 23.9 Å². The number of carbonyl (C=O) groups is 3. The summed E-state index contributed by atoms with van der Waals surface area (Å²) in [6.45, 7) is 3.72. The van der Waals surface area contributed by atoms with Crippen LogP contribution in [0.3, 0.4) is 0 Å². The number of anilines is 2. The molecule has 1 saturated heterocycles. The normalized spacial score (nSPS) is 17.0. The summed E-state index contributed by atoms with van der Waals surface area (Å²) in [5.41, 5.74) is 2.41. The fraction of sp³-hybridized carbons (Fsp3) is 0.318. The first-order valence-corrected chi connectivity index (χ1v) is 9.40. The fourth-order valence-electron chi connectivity index (χ4n) is 3.08. The standard InChI is InChI=1S/C22H24N2O5/c1-14-4-8-18(9-5-14)24-13-16(12-20(24)25)22(27)29-15(2)21(26)23-17-6-10-19(28-3)11-7-17/h4-11,15-16H,12-13H2,1-3H3,(H,23,26)/t15-,16-/m1/s1. The van der Waals surface area contributed by atoms with Crippen LogP contribution in [-0.2, 0) is 19.1 Å². The Morgan fingerprint density at radius 2 is 1.76 bits per heavy atom. The molecule has 1 fully saturated rings. The molecule has 0 unspecified atom stereocenters. The molecule has 1 N–H and O–H groups in total. The monoisotopic (exact) mass is 396 g/mol. The number of esters is 1. The van der Waals surface area contributed by atoms with Gasteiger partial charge in [0.05, 0.1) is 13.0 Å². The number of aryl methyl sites for hydroxylation is 1. The summed E-state index contributed by atoms with van der Waals surface area (Å²) in [5, 5.41) is 2.69. The van der Waals surface area contributed by atoms with Crippen molar-refractivity contribution in [3.05, 3.63) is 54.1 Å². The summed E-state index contributed by atoms with van der Waals surface area (Å²) in [7, 11) is 1.56. The first-order valence-electron chi connectivity index (χ1n) is 9.40. The molecule has 29 heavy (non-hydrogen) atoms. The average molecular weight is 396 g/mol. The van der Waals surface area contributed by atoms with Crippen LogP contribution in [0.2, 0.25) is 0 Å². The quantitative estimate of drug-likeness (QED) is 0.759. The van der Waals surface area contributed by atoms with E-state index in [1.54, 1.807) is 36.3 Å². The molecule has 1 heterocycles. The average Bonchev–Trinajstić information content (AvgIpc) is 3.11. The van der Waals surface area contributed by atoms with Gasteiger partial charge in [0, 0.05) is 24.3 Å². The van der Waals surface area contributed by atoms with Crippen molar-refractivity contribution >= 4 is 29.2 Å². The molecule has 0 radical (unpaired) electrons. The molecule has 0 spiro atoms. The second-order valence-electron chi connectivity index (χ2n) is 7.04. The molecule has 7 heteroatoms. The van der Waals surface area contributed by atoms with Crippen molar-refractivity contribution < 1.29 is 23.9 Å². The maximum atomic E-state index is 12.5. The lowest BCUT2D eigenvalue weighted by Gasteiger charge is -2.18. The van der Waals surface area contributed by atoms with Crippen LogP contribution in [0.5, 0.6) is 5.75 Å². The molecule has 2 amide bonds. The van der Waals surface area contributed by atoms with E-state index in [1.807, 2.05) is 31.2 Å². The summed E-state index contributed by atoms with van der Waals surface area (Å²) < 4.78 is 10.4. The van der Waals surface area contributed by atoms with Crippen molar-refractivity contribution in [2.45, 2.75) is 26.4 Å². The molecule has 0 saturated carbocycles. The number of carbonyl (C=O) groups excluding carboxylic acids is 3. The largest absolute Gasteiger partial charge is 0.497 e. The van der Waals surface area contributed by atoms with E-state index in [-0.39, 0.29) is 18.9 Å². The minimum absolute atomic E-state index is 0.0690. The van der Waals surface area contributed by atoms with E-state index in [2.05, 4.69) is 5.32 Å². The van der Waals surface area contributed by atoms with E-state index in [0.717, 1.165) is 11.3 Å². The zero-order valence-electron chi connectivity index (χ0n) is 16.7. The molecule has 3 rings (SSSR count). The second kappa shape index (κ2) is 8.77. The molecule has 0 bridgehead atoms. The molecule has 152 valence electrons. The van der Waals surface area contributed by atoms with Crippen molar-refractivity contribution in [1.82, 2.24) is 0 Å². The molecular formula is C22H24N2O5. The van der Waals surface area contributed by atoms with Crippen LogP contribution in [0.25, 0.3) is 0 Å². The summed E-state index contributed by atoms with van der Waals surface area (Å²) in [4.78, 5) is 38.7. The smallest absolute Gasteiger partial charge is 0.312 e. The Morgan fingerprint density at radius 3 is 2.38 bits per heavy atom. The lowest BCUT2D eigenvalue weighted by Crippen LogP contribution is -2.33. The molecule has 1 aliphatic heterocycles. The Balaban J connectivity index is 1.55. The van der Waals surface area contributed by atoms with Crippen LogP contribution in [0.15, 0.2) is 48.5 Å². The predicted octanol–water partition coefficient (Wildman–Crippen LogP) is 2.93. The molecule has 0 aromatic heterocycles. The van der Waals surface area contributed by atoms with E-state index in [0.29, 0.717) is 11.4 Å². The molecular weight excluding hydrogens is 372 g/mol. The third-order valence-electron chi connectivity index (χ3n) is 4.82. The maximum absolute atomic E-state index is 12.5. The van der Waals surface area contributed by atoms with Crippen LogP contribution in [-0.4, -0.2) is 37.5 Å². The van der Waals surface area contributed by atoms with E-state index < -0.39 is 23.9 Å². The third-order valence-corrected chi connectivity index (χ3v) is 4.82. The van der Waals surface area contributed by atoms with Gasteiger partial charge < -0.3 is 19.7 Å². The number of hydrogen-bond acceptors (Lipinski definition) is 5. The highest BCUT2D eigenvalue weighted by Gasteiger charge is 2.37. The van der Waals surface area contributed by atoms with Crippen LogP contribution in [0, 0.1) is 12.8 Å². The van der Waals surface area contributed by atoms with Gasteiger partial charge in [0.2, 0.25) is 5.91 Å². The molecule has 2 atom stereocenters. The van der Waals surface area contributed by atoms with Crippen molar-refractivity contribution in [1.29, 1.82) is 0 Å². The minimum atomic E-state index is -0.979. The predicted molar refractivity (Wildman–Crippen MR) is 109 cm³/mol. The Labute approximate surface area is 169 Å². The summed E-state index contributed by atoms with van der Waals surface area (Å²) in [5.74, 6) is -1.05. The van der Waals surface area contributed by atoms with Gasteiger partial charge in [-0.15, -0.1) is 0 Å². The summed E-state index contributed by atoms with van der Waals surface area (Å²) in [6.07, 6.45) is -0.910. The number of ether oxygens (including phenoxy) is 2. The molecule has 0 aliphatic carbocycles. The topological polar surface area (TPSA) is 84.9 Å². The first kappa shape index (κ1) is 20.4. The Morgan fingerprint density at radius 1 is 1.10 bits per heavy atom. The SMILES string of the molecule is COc1ccc(NC(=O)[C@@H](C)OC(=O)[C@@H]2CC(=O)N(c3ccc(C)cc3)C2)cc1. The minimum Gasteiger partial charge on any atom is -0.497 e. The number of methoxy groups -OCH3 is 1. The Bertz CT molecular complexity index is 892. The van der Waals surface area contributed by atoms with Gasteiger partial charge in [-0.1, -0.05) is 17.7 Å². The molecule has 1 aliphatic rings. The lowest BCUT2D eigenvalue weighted by molar-refractivity contribution is -0.157. The summed E-state index contributed by atoms with van der Waals surface area (Å²) >= 11 is 0. The summed E-state index contributed by atoms with van der Waals surface area (Å²) in [6, 6.07) is 14.4. The number of nitrogens with zero attached hydrogens (tertiary/aromatic N) is 1. The first-order chi connectivity index (χ1) is 13.9. The number of benzene rings is 2. The van der Waals surface area contributed by atoms with Gasteiger partial charge in [-0.3, -0.25) is 14.4 Å². The fourth-order valence-corrected chi connectivity index (χ4v) is 3.08. The van der Waals surface area contributed by atoms with Crippen molar-refractivity contribution in [2.24, 2.45) is 5.92 Å². The van der Waals surface area contributed by atoms with Gasteiger partial charge in [0.25, 0.3) is 5.91 Å². The van der Waals surface area contributed by atoms with Gasteiger partial charge in [-0.2, -0.15) is 0 Å². The molecule has 7 nitrogen and oxygen atoms in total. The van der Waals surface area contributed by atoms with Gasteiger partial charge in [-0.05, 0) is 50.2 Å². The zero-order valence-corrected chi connectivity index (χ0v) is 16.7. The van der Waals surface area contributed by atoms with Crippen molar-refractivity contribution in [3.8, 4) is 5.75 Å². The van der Waals surface area contributed by atoms with Gasteiger partial charge >= 0.3 is 5.97 Å².